The molecule has 0 aliphatic heterocycles. The Morgan fingerprint density at radius 3 is 2.75 bits per heavy atom. The molecule has 2 heterocycles. The summed E-state index contributed by atoms with van der Waals surface area (Å²) in [4.78, 5) is 3.88. The van der Waals surface area contributed by atoms with Crippen LogP contribution >= 0.6 is 0 Å². The van der Waals surface area contributed by atoms with Gasteiger partial charge < -0.3 is 9.15 Å². The summed E-state index contributed by atoms with van der Waals surface area (Å²) in [7, 11) is 0. The van der Waals surface area contributed by atoms with Crippen LogP contribution in [0.15, 0.2) is 35.1 Å². The maximum absolute atomic E-state index is 13.9. The molecule has 0 saturated heterocycles. The molecule has 0 saturated carbocycles. The highest BCUT2D eigenvalue weighted by Gasteiger charge is 2.20. The fraction of sp³-hybridized carbons (Fsp3) is 0.0714. The largest absolute Gasteiger partial charge is 0.464 e. The normalized spacial score (nSPS) is 11.0. The van der Waals surface area contributed by atoms with Gasteiger partial charge in [0.25, 0.3) is 0 Å². The van der Waals surface area contributed by atoms with E-state index in [4.69, 9.17) is 9.15 Å². The van der Waals surface area contributed by atoms with Crippen molar-refractivity contribution in [2.45, 2.75) is 6.92 Å². The second-order valence-corrected chi connectivity index (χ2v) is 4.18. The van der Waals surface area contributed by atoms with E-state index in [9.17, 15) is 13.2 Å². The summed E-state index contributed by atoms with van der Waals surface area (Å²) < 4.78 is 51.1. The topological polar surface area (TPSA) is 35.3 Å². The smallest absolute Gasteiger partial charge is 0.230 e. The first kappa shape index (κ1) is 12.5. The molecule has 6 heteroatoms. The number of rotatable bonds is 2. The monoisotopic (exact) mass is 279 g/mol. The fourth-order valence-corrected chi connectivity index (χ4v) is 1.84. The van der Waals surface area contributed by atoms with E-state index >= 15 is 0 Å². The Hall–Kier alpha value is -2.50. The Morgan fingerprint density at radius 2 is 1.95 bits per heavy atom. The van der Waals surface area contributed by atoms with Gasteiger partial charge in [-0.3, -0.25) is 0 Å². The van der Waals surface area contributed by atoms with Crippen molar-refractivity contribution in [3.05, 3.63) is 53.7 Å². The molecular formula is C14H8F3NO2. The van der Waals surface area contributed by atoms with Gasteiger partial charge in [0.2, 0.25) is 17.4 Å². The molecule has 0 unspecified atom stereocenters. The number of hydrogen-bond donors (Lipinski definition) is 0. The Morgan fingerprint density at radius 1 is 1.15 bits per heavy atom. The van der Waals surface area contributed by atoms with E-state index in [1.165, 1.54) is 19.4 Å². The maximum atomic E-state index is 13.9. The number of nitrogens with zero attached hydrogens (tertiary/aromatic N) is 1. The van der Waals surface area contributed by atoms with Gasteiger partial charge in [-0.05, 0) is 30.7 Å². The zero-order valence-corrected chi connectivity index (χ0v) is 10.3. The number of benzene rings is 1. The third-order valence-corrected chi connectivity index (χ3v) is 2.84. The molecule has 0 radical (unpaired) electrons. The van der Waals surface area contributed by atoms with Gasteiger partial charge in [0.15, 0.2) is 11.6 Å². The van der Waals surface area contributed by atoms with Gasteiger partial charge in [0, 0.05) is 6.20 Å². The zero-order valence-electron chi connectivity index (χ0n) is 10.3. The molecule has 2 aromatic heterocycles. The number of fused-ring (bicyclic) bond motifs is 1. The highest BCUT2D eigenvalue weighted by Crippen LogP contribution is 2.33. The lowest BCUT2D eigenvalue weighted by Gasteiger charge is -2.09. The molecule has 20 heavy (non-hydrogen) atoms. The molecule has 0 spiro atoms. The molecule has 1 aromatic carbocycles. The Bertz CT molecular complexity index is 772. The van der Waals surface area contributed by atoms with Crippen LogP contribution in [0.5, 0.6) is 11.6 Å². The summed E-state index contributed by atoms with van der Waals surface area (Å²) in [6.45, 7) is 1.32. The Kier molecular flexibility index (Phi) is 2.85. The molecular weight excluding hydrogens is 271 g/mol. The van der Waals surface area contributed by atoms with Gasteiger partial charge in [-0.15, -0.1) is 0 Å². The van der Waals surface area contributed by atoms with Crippen molar-refractivity contribution in [2.75, 3.05) is 0 Å². The van der Waals surface area contributed by atoms with Crippen LogP contribution in [0.25, 0.3) is 11.0 Å². The lowest BCUT2D eigenvalue weighted by molar-refractivity contribution is 0.378. The first-order valence-electron chi connectivity index (χ1n) is 5.72. The number of furan rings is 1. The highest BCUT2D eigenvalue weighted by molar-refractivity contribution is 5.82. The fourth-order valence-electron chi connectivity index (χ4n) is 1.84. The molecule has 0 fully saturated rings. The quantitative estimate of drug-likeness (QED) is 0.654. The molecule has 0 bridgehead atoms. The van der Waals surface area contributed by atoms with Crippen LogP contribution in [-0.4, -0.2) is 4.98 Å². The number of aryl methyl sites for hydroxylation is 1. The number of aromatic nitrogens is 1. The first-order chi connectivity index (χ1) is 9.58. The zero-order chi connectivity index (χ0) is 14.3. The van der Waals surface area contributed by atoms with Gasteiger partial charge in [-0.1, -0.05) is 0 Å². The molecule has 3 rings (SSSR count). The molecule has 0 atom stereocenters. The highest BCUT2D eigenvalue weighted by atomic mass is 19.2. The number of pyridine rings is 1. The van der Waals surface area contributed by atoms with E-state index in [1.54, 1.807) is 12.1 Å². The van der Waals surface area contributed by atoms with Crippen molar-refractivity contribution in [3.63, 3.8) is 0 Å². The van der Waals surface area contributed by atoms with E-state index in [2.05, 4.69) is 4.98 Å². The molecule has 0 aliphatic carbocycles. The van der Waals surface area contributed by atoms with E-state index in [1.807, 2.05) is 0 Å². The molecule has 102 valence electrons. The minimum absolute atomic E-state index is 0.0564. The lowest BCUT2D eigenvalue weighted by atomic mass is 10.2. The second kappa shape index (κ2) is 4.56. The minimum Gasteiger partial charge on any atom is -0.464 e. The van der Waals surface area contributed by atoms with Gasteiger partial charge in [-0.2, -0.15) is 4.39 Å². The first-order valence-corrected chi connectivity index (χ1v) is 5.72. The van der Waals surface area contributed by atoms with E-state index in [0.717, 1.165) is 6.07 Å². The van der Waals surface area contributed by atoms with Crippen LogP contribution in [0.3, 0.4) is 0 Å². The Balaban J connectivity index is 2.14. The predicted octanol–water partition coefficient (Wildman–Crippen LogP) is 4.35. The average molecular weight is 279 g/mol. The molecule has 0 N–H and O–H groups in total. The third kappa shape index (κ3) is 1.89. The minimum atomic E-state index is -1.39. The summed E-state index contributed by atoms with van der Waals surface area (Å²) >= 11 is 0. The van der Waals surface area contributed by atoms with Crippen molar-refractivity contribution >= 4 is 11.0 Å². The Labute approximate surface area is 111 Å². The molecule has 3 nitrogen and oxygen atoms in total. The van der Waals surface area contributed by atoms with E-state index < -0.39 is 23.2 Å². The van der Waals surface area contributed by atoms with Crippen molar-refractivity contribution in [1.82, 2.24) is 4.98 Å². The third-order valence-electron chi connectivity index (χ3n) is 2.84. The molecule has 3 aromatic rings. The van der Waals surface area contributed by atoms with Crippen molar-refractivity contribution in [3.8, 4) is 11.6 Å². The van der Waals surface area contributed by atoms with Crippen molar-refractivity contribution in [1.29, 1.82) is 0 Å². The van der Waals surface area contributed by atoms with Crippen LogP contribution in [0.2, 0.25) is 0 Å². The summed E-state index contributed by atoms with van der Waals surface area (Å²) in [5, 5.41) is 0.438. The van der Waals surface area contributed by atoms with Gasteiger partial charge >= 0.3 is 0 Å². The number of hydrogen-bond acceptors (Lipinski definition) is 3. The average Bonchev–Trinajstić information content (AvgIpc) is 2.90. The summed E-state index contributed by atoms with van der Waals surface area (Å²) in [6, 6.07) is 3.88. The van der Waals surface area contributed by atoms with Gasteiger partial charge in [0.1, 0.15) is 5.58 Å². The SMILES string of the molecule is Cc1cc(F)c(F)c(Oc2nccc3occc23)c1F. The van der Waals surface area contributed by atoms with Crippen LogP contribution < -0.4 is 4.74 Å². The molecule has 0 aliphatic rings. The van der Waals surface area contributed by atoms with Crippen molar-refractivity contribution in [2.24, 2.45) is 0 Å². The van der Waals surface area contributed by atoms with E-state index in [0.29, 0.717) is 11.0 Å². The van der Waals surface area contributed by atoms with Gasteiger partial charge in [-0.25, -0.2) is 13.8 Å². The van der Waals surface area contributed by atoms with Gasteiger partial charge in [0.05, 0.1) is 11.6 Å². The van der Waals surface area contributed by atoms with Crippen LogP contribution in [0.1, 0.15) is 5.56 Å². The van der Waals surface area contributed by atoms with E-state index in [-0.39, 0.29) is 11.4 Å². The van der Waals surface area contributed by atoms with Crippen LogP contribution in [-0.2, 0) is 0 Å². The van der Waals surface area contributed by atoms with Crippen LogP contribution in [0, 0.1) is 24.4 Å². The second-order valence-electron chi connectivity index (χ2n) is 4.18. The maximum Gasteiger partial charge on any atom is 0.230 e. The number of ether oxygens (including phenoxy) is 1. The number of halogens is 3. The predicted molar refractivity (Wildman–Crippen MR) is 65.1 cm³/mol. The summed E-state index contributed by atoms with van der Waals surface area (Å²) in [5.41, 5.74) is 0.391. The standard InChI is InChI=1S/C14H8F3NO2/c1-7-6-9(15)12(17)13(11(7)16)20-14-8-3-5-19-10(8)2-4-18-14/h2-6H,1H3. The molecule has 0 amide bonds. The lowest BCUT2D eigenvalue weighted by Crippen LogP contribution is -1.99. The summed E-state index contributed by atoms with van der Waals surface area (Å²) in [5.74, 6) is -4.41. The summed E-state index contributed by atoms with van der Waals surface area (Å²) in [6.07, 6.45) is 2.76. The van der Waals surface area contributed by atoms with Crippen LogP contribution in [0.4, 0.5) is 13.2 Å². The van der Waals surface area contributed by atoms with Crippen molar-refractivity contribution < 1.29 is 22.3 Å².